The van der Waals surface area contributed by atoms with Crippen LogP contribution in [0.4, 0.5) is 16.2 Å². The molecule has 0 aromatic heterocycles. The van der Waals surface area contributed by atoms with Crippen LogP contribution in [-0.2, 0) is 9.53 Å². The van der Waals surface area contributed by atoms with E-state index in [9.17, 15) is 9.59 Å². The third kappa shape index (κ3) is 10.0. The number of benzene rings is 2. The van der Waals surface area contributed by atoms with Gasteiger partial charge in [-0.05, 0) is 76.7 Å². The Morgan fingerprint density at radius 1 is 1.12 bits per heavy atom. The summed E-state index contributed by atoms with van der Waals surface area (Å²) in [6.07, 6.45) is 0.192. The highest BCUT2D eigenvalue weighted by molar-refractivity contribution is 7.98. The molecule has 9 nitrogen and oxygen atoms in total. The molecule has 0 unspecified atom stereocenters. The second kappa shape index (κ2) is 12.7. The van der Waals surface area contributed by atoms with Gasteiger partial charge in [0.1, 0.15) is 11.6 Å². The van der Waals surface area contributed by atoms with Crippen LogP contribution >= 0.6 is 11.9 Å². The van der Waals surface area contributed by atoms with Crippen LogP contribution in [0.25, 0.3) is 0 Å². The molecule has 2 aromatic rings. The Kier molecular flexibility index (Phi) is 10.1. The molecule has 34 heavy (non-hydrogen) atoms. The molecule has 0 bridgehead atoms. The molecule has 2 rings (SSSR count). The summed E-state index contributed by atoms with van der Waals surface area (Å²) in [7, 11) is 0. The molecule has 184 valence electrons. The van der Waals surface area contributed by atoms with E-state index in [-0.39, 0.29) is 11.9 Å². The summed E-state index contributed by atoms with van der Waals surface area (Å²) in [6.45, 7) is 7.71. The monoisotopic (exact) mass is 486 g/mol. The topological polar surface area (TPSA) is 141 Å². The van der Waals surface area contributed by atoms with Crippen LogP contribution in [0.15, 0.2) is 53.4 Å². The Bertz CT molecular complexity index is 975. The van der Waals surface area contributed by atoms with E-state index in [1.807, 2.05) is 55.5 Å². The fraction of sp³-hybridized carbons (Fsp3) is 0.375. The molecule has 0 heterocycles. The van der Waals surface area contributed by atoms with Crippen molar-refractivity contribution in [2.75, 3.05) is 11.9 Å². The summed E-state index contributed by atoms with van der Waals surface area (Å²) in [6, 6.07) is 14.8. The van der Waals surface area contributed by atoms with E-state index in [4.69, 9.17) is 15.9 Å². The largest absolute Gasteiger partial charge is 0.444 e. The van der Waals surface area contributed by atoms with Crippen molar-refractivity contribution in [1.29, 1.82) is 5.41 Å². The molecule has 0 aliphatic rings. The summed E-state index contributed by atoms with van der Waals surface area (Å²) in [5, 5.41) is 15.9. The first-order chi connectivity index (χ1) is 16.0. The first-order valence-corrected chi connectivity index (χ1v) is 11.8. The Hall–Kier alpha value is -3.40. The van der Waals surface area contributed by atoms with Crippen LogP contribution in [0.1, 0.15) is 39.2 Å². The Labute approximate surface area is 205 Å². The third-order valence-corrected chi connectivity index (χ3v) is 5.35. The van der Waals surface area contributed by atoms with Crippen LogP contribution < -0.4 is 26.4 Å². The SMILES string of the molecule is Cc1ccc(Nc2ccccc2SNC(=O)[C@H](CCCNC(=N)N)NC(=O)OC(C)(C)C)cc1. The van der Waals surface area contributed by atoms with Gasteiger partial charge in [0.15, 0.2) is 5.96 Å². The number of carbonyl (C=O) groups is 2. The van der Waals surface area contributed by atoms with Gasteiger partial charge in [0.25, 0.3) is 5.91 Å². The zero-order valence-corrected chi connectivity index (χ0v) is 20.8. The number of rotatable bonds is 10. The van der Waals surface area contributed by atoms with E-state index >= 15 is 0 Å². The van der Waals surface area contributed by atoms with Crippen molar-refractivity contribution in [1.82, 2.24) is 15.4 Å². The smallest absolute Gasteiger partial charge is 0.408 e. The van der Waals surface area contributed by atoms with E-state index in [0.717, 1.165) is 16.3 Å². The molecule has 0 saturated carbocycles. The van der Waals surface area contributed by atoms with Gasteiger partial charge in [-0.25, -0.2) is 4.79 Å². The molecule has 2 aromatic carbocycles. The number of amides is 2. The molecule has 7 N–H and O–H groups in total. The first kappa shape index (κ1) is 26.8. The van der Waals surface area contributed by atoms with E-state index < -0.39 is 17.7 Å². The molecular weight excluding hydrogens is 452 g/mol. The number of nitrogens with one attached hydrogen (secondary N) is 5. The molecule has 10 heteroatoms. The molecule has 0 saturated heterocycles. The average molecular weight is 487 g/mol. The van der Waals surface area contributed by atoms with Gasteiger partial charge in [-0.2, -0.15) is 0 Å². The minimum atomic E-state index is -0.812. The normalized spacial score (nSPS) is 11.8. The first-order valence-electron chi connectivity index (χ1n) is 11.0. The number of hydrogen-bond acceptors (Lipinski definition) is 6. The zero-order chi connectivity index (χ0) is 25.1. The van der Waals surface area contributed by atoms with Gasteiger partial charge in [0.2, 0.25) is 0 Å². The van der Waals surface area contributed by atoms with Crippen LogP contribution in [0.5, 0.6) is 0 Å². The number of guanidine groups is 1. The van der Waals surface area contributed by atoms with E-state index in [1.54, 1.807) is 20.8 Å². The van der Waals surface area contributed by atoms with Gasteiger partial charge < -0.3 is 26.4 Å². The average Bonchev–Trinajstić information content (AvgIpc) is 2.75. The molecule has 0 spiro atoms. The van der Waals surface area contributed by atoms with Crippen molar-refractivity contribution in [3.8, 4) is 0 Å². The summed E-state index contributed by atoms with van der Waals surface area (Å²) < 4.78 is 8.14. The number of ether oxygens (including phenoxy) is 1. The third-order valence-electron chi connectivity index (χ3n) is 4.47. The number of aryl methyl sites for hydroxylation is 1. The summed E-state index contributed by atoms with van der Waals surface area (Å²) >= 11 is 1.17. The molecular formula is C24H34N6O3S. The summed E-state index contributed by atoms with van der Waals surface area (Å²) in [5.74, 6) is -0.502. The standard InChI is InChI=1S/C24H34N6O3S/c1-16-11-13-17(14-12-16)28-18-8-5-6-10-20(18)34-30-21(31)19(9-7-15-27-22(25)26)29-23(32)33-24(2,3)4/h5-6,8,10-14,19,28H,7,9,15H2,1-4H3,(H,29,32)(H,30,31)(H4,25,26,27)/t19-/m0/s1. The Morgan fingerprint density at radius 2 is 1.79 bits per heavy atom. The minimum absolute atomic E-state index is 0.144. The van der Waals surface area contributed by atoms with Crippen LogP contribution in [-0.4, -0.2) is 36.1 Å². The lowest BCUT2D eigenvalue weighted by Crippen LogP contribution is -2.47. The van der Waals surface area contributed by atoms with Crippen LogP contribution in [0.3, 0.4) is 0 Å². The second-order valence-electron chi connectivity index (χ2n) is 8.74. The van der Waals surface area contributed by atoms with Crippen LogP contribution in [0.2, 0.25) is 0 Å². The van der Waals surface area contributed by atoms with Crippen molar-refractivity contribution in [3.63, 3.8) is 0 Å². The van der Waals surface area contributed by atoms with E-state index in [1.165, 1.54) is 17.5 Å². The lowest BCUT2D eigenvalue weighted by Gasteiger charge is -2.23. The minimum Gasteiger partial charge on any atom is -0.444 e. The predicted octanol–water partition coefficient (Wildman–Crippen LogP) is 4.02. The fourth-order valence-corrected chi connectivity index (χ4v) is 3.60. The summed E-state index contributed by atoms with van der Waals surface area (Å²) in [5.41, 5.74) is 7.57. The van der Waals surface area contributed by atoms with Gasteiger partial charge in [0, 0.05) is 12.2 Å². The molecule has 1 atom stereocenters. The molecule has 2 amide bonds. The lowest BCUT2D eigenvalue weighted by atomic mass is 10.1. The van der Waals surface area contributed by atoms with Gasteiger partial charge >= 0.3 is 6.09 Å². The molecule has 0 aliphatic heterocycles. The fourth-order valence-electron chi connectivity index (χ4n) is 2.88. The zero-order valence-electron chi connectivity index (χ0n) is 20.0. The lowest BCUT2D eigenvalue weighted by molar-refractivity contribution is -0.121. The predicted molar refractivity (Wildman–Crippen MR) is 137 cm³/mol. The van der Waals surface area contributed by atoms with Gasteiger partial charge in [0.05, 0.1) is 10.6 Å². The van der Waals surface area contributed by atoms with E-state index in [0.29, 0.717) is 19.4 Å². The van der Waals surface area contributed by atoms with E-state index in [2.05, 4.69) is 20.7 Å². The molecule has 0 radical (unpaired) electrons. The van der Waals surface area contributed by atoms with Gasteiger partial charge in [-0.3, -0.25) is 14.9 Å². The highest BCUT2D eigenvalue weighted by Gasteiger charge is 2.24. The number of alkyl carbamates (subject to hydrolysis) is 1. The maximum Gasteiger partial charge on any atom is 0.408 e. The van der Waals surface area contributed by atoms with Crippen molar-refractivity contribution >= 4 is 41.3 Å². The van der Waals surface area contributed by atoms with Crippen molar-refractivity contribution in [2.24, 2.45) is 5.73 Å². The van der Waals surface area contributed by atoms with Crippen molar-refractivity contribution in [2.45, 2.75) is 57.1 Å². The number of nitrogens with two attached hydrogens (primary N) is 1. The molecule has 0 fully saturated rings. The van der Waals surface area contributed by atoms with Crippen molar-refractivity contribution < 1.29 is 14.3 Å². The Morgan fingerprint density at radius 3 is 2.44 bits per heavy atom. The van der Waals surface area contributed by atoms with Crippen molar-refractivity contribution in [3.05, 3.63) is 54.1 Å². The van der Waals surface area contributed by atoms with Crippen LogP contribution in [0, 0.1) is 12.3 Å². The number of hydrogen-bond donors (Lipinski definition) is 6. The number of carbonyl (C=O) groups excluding carboxylic acids is 2. The maximum atomic E-state index is 12.9. The number of anilines is 2. The summed E-state index contributed by atoms with van der Waals surface area (Å²) in [4.78, 5) is 26.0. The highest BCUT2D eigenvalue weighted by Crippen LogP contribution is 2.28. The molecule has 0 aliphatic carbocycles. The van der Waals surface area contributed by atoms with Gasteiger partial charge in [-0.15, -0.1) is 0 Å². The quantitative estimate of drug-likeness (QED) is 0.129. The maximum absolute atomic E-state index is 12.9. The second-order valence-corrected chi connectivity index (χ2v) is 9.59. The number of para-hydroxylation sites is 1. The van der Waals surface area contributed by atoms with Gasteiger partial charge in [-0.1, -0.05) is 29.8 Å². The Balaban J connectivity index is 2.03. The highest BCUT2D eigenvalue weighted by atomic mass is 32.2.